The number of likely N-dealkylation sites (tertiary alicyclic amines) is 1. The van der Waals surface area contributed by atoms with Crippen LogP contribution in [0.25, 0.3) is 0 Å². The molecule has 3 rings (SSSR count). The van der Waals surface area contributed by atoms with Gasteiger partial charge in [-0.3, -0.25) is 0 Å². The molecule has 0 bridgehead atoms. The maximum Gasteiger partial charge on any atom is 0.321 e. The first-order valence-electron chi connectivity index (χ1n) is 9.72. The van der Waals surface area contributed by atoms with Gasteiger partial charge in [0.1, 0.15) is 0 Å². The number of urea groups is 1. The van der Waals surface area contributed by atoms with Crippen LogP contribution < -0.4 is 15.4 Å². The van der Waals surface area contributed by atoms with Crippen LogP contribution in [0.2, 0.25) is 0 Å². The zero-order valence-corrected chi connectivity index (χ0v) is 16.7. The zero-order chi connectivity index (χ0) is 19.4. The summed E-state index contributed by atoms with van der Waals surface area (Å²) in [6.07, 6.45) is 6.43. The number of amides is 2. The molecule has 0 aromatic heterocycles. The minimum atomic E-state index is -3.52. The minimum absolute atomic E-state index is 0.0716. The van der Waals surface area contributed by atoms with Gasteiger partial charge in [-0.1, -0.05) is 25.0 Å². The molecule has 1 saturated carbocycles. The summed E-state index contributed by atoms with van der Waals surface area (Å²) in [5, 5.41) is 8.20. The second kappa shape index (κ2) is 8.48. The molecular weight excluding hydrogens is 364 g/mol. The number of primary sulfonamides is 1. The number of hydrogen-bond donors (Lipinski definition) is 2. The Morgan fingerprint density at radius 2 is 1.93 bits per heavy atom. The van der Waals surface area contributed by atoms with E-state index < -0.39 is 10.0 Å². The number of hydrogen-bond acceptors (Lipinski definition) is 4. The van der Waals surface area contributed by atoms with E-state index in [1.807, 2.05) is 24.3 Å². The van der Waals surface area contributed by atoms with Gasteiger partial charge >= 0.3 is 6.03 Å². The van der Waals surface area contributed by atoms with Crippen molar-refractivity contribution in [2.24, 2.45) is 11.1 Å². The molecule has 1 aromatic carbocycles. The first-order chi connectivity index (χ1) is 12.8. The number of rotatable bonds is 5. The van der Waals surface area contributed by atoms with Crippen molar-refractivity contribution in [2.45, 2.75) is 44.6 Å². The first-order valence-corrected chi connectivity index (χ1v) is 11.4. The topological polar surface area (TPSA) is 95.7 Å². The van der Waals surface area contributed by atoms with Crippen molar-refractivity contribution in [1.82, 2.24) is 4.90 Å². The van der Waals surface area contributed by atoms with E-state index in [0.29, 0.717) is 19.1 Å². The molecule has 2 fully saturated rings. The van der Waals surface area contributed by atoms with Crippen LogP contribution in [0.15, 0.2) is 24.3 Å². The van der Waals surface area contributed by atoms with Crippen LogP contribution >= 0.6 is 0 Å². The van der Waals surface area contributed by atoms with Gasteiger partial charge in [0.2, 0.25) is 10.0 Å². The molecule has 1 aromatic rings. The molecule has 2 amide bonds. The van der Waals surface area contributed by atoms with E-state index in [1.165, 1.54) is 25.7 Å². The zero-order valence-electron chi connectivity index (χ0n) is 15.9. The molecule has 8 heteroatoms. The fourth-order valence-corrected chi connectivity index (χ4v) is 5.21. The lowest BCUT2D eigenvalue weighted by Gasteiger charge is -2.33. The number of carbonyl (C=O) groups is 1. The molecule has 27 heavy (non-hydrogen) atoms. The summed E-state index contributed by atoms with van der Waals surface area (Å²) in [4.78, 5) is 16.8. The molecule has 1 aliphatic carbocycles. The summed E-state index contributed by atoms with van der Waals surface area (Å²) in [7, 11) is -1.44. The molecule has 2 aliphatic rings. The lowest BCUT2D eigenvalue weighted by atomic mass is 10.0. The van der Waals surface area contributed by atoms with E-state index in [4.69, 9.17) is 5.14 Å². The summed E-state index contributed by atoms with van der Waals surface area (Å²) in [5.74, 6) is -0.173. The fraction of sp³-hybridized carbons (Fsp3) is 0.632. The van der Waals surface area contributed by atoms with E-state index in [0.717, 1.165) is 24.2 Å². The Morgan fingerprint density at radius 3 is 2.63 bits per heavy atom. The second-order valence-electron chi connectivity index (χ2n) is 7.78. The van der Waals surface area contributed by atoms with Crippen LogP contribution in [0.3, 0.4) is 0 Å². The third-order valence-corrected chi connectivity index (χ3v) is 6.61. The third-order valence-electron chi connectivity index (χ3n) is 5.67. The number of nitrogens with one attached hydrogen (secondary N) is 1. The van der Waals surface area contributed by atoms with Gasteiger partial charge in [0, 0.05) is 26.2 Å². The highest BCUT2D eigenvalue weighted by molar-refractivity contribution is 7.89. The SMILES string of the molecule is CN(c1ccccc1NC(=O)N1CCCC(CS(N)(=O)=O)C1)C1CCCC1. The van der Waals surface area contributed by atoms with Crippen molar-refractivity contribution in [3.63, 3.8) is 0 Å². The largest absolute Gasteiger partial charge is 0.370 e. The van der Waals surface area contributed by atoms with Crippen LogP contribution in [0.5, 0.6) is 0 Å². The maximum absolute atomic E-state index is 12.8. The standard InChI is InChI=1S/C19H30N4O3S/c1-22(16-8-2-3-9-16)18-11-5-4-10-17(18)21-19(24)23-12-6-7-15(13-23)14-27(20,25)26/h4-5,10-11,15-16H,2-3,6-9,12-14H2,1H3,(H,21,24)(H2,20,25,26). The monoisotopic (exact) mass is 394 g/mol. The van der Waals surface area contributed by atoms with E-state index >= 15 is 0 Å². The number of benzene rings is 1. The van der Waals surface area contributed by atoms with Gasteiger partial charge in [0.15, 0.2) is 0 Å². The molecule has 1 aliphatic heterocycles. The van der Waals surface area contributed by atoms with Gasteiger partial charge in [-0.05, 0) is 43.7 Å². The number of para-hydroxylation sites is 2. The third kappa shape index (κ3) is 5.35. The Balaban J connectivity index is 1.67. The van der Waals surface area contributed by atoms with E-state index in [1.54, 1.807) is 4.90 Å². The summed E-state index contributed by atoms with van der Waals surface area (Å²) in [6, 6.07) is 8.19. The average molecular weight is 395 g/mol. The van der Waals surface area contributed by atoms with Gasteiger partial charge in [-0.15, -0.1) is 0 Å². The van der Waals surface area contributed by atoms with Gasteiger partial charge in [-0.25, -0.2) is 18.4 Å². The lowest BCUT2D eigenvalue weighted by Crippen LogP contribution is -2.44. The molecule has 7 nitrogen and oxygen atoms in total. The van der Waals surface area contributed by atoms with Crippen molar-refractivity contribution in [3.8, 4) is 0 Å². The molecule has 1 unspecified atom stereocenters. The van der Waals surface area contributed by atoms with Crippen molar-refractivity contribution in [1.29, 1.82) is 0 Å². The molecule has 1 atom stereocenters. The normalized spacial score (nSPS) is 21.3. The number of anilines is 2. The van der Waals surface area contributed by atoms with E-state index in [-0.39, 0.29) is 17.7 Å². The molecular formula is C19H30N4O3S. The fourth-order valence-electron chi connectivity index (χ4n) is 4.28. The van der Waals surface area contributed by atoms with Crippen molar-refractivity contribution in [3.05, 3.63) is 24.3 Å². The Kier molecular flexibility index (Phi) is 6.26. The summed E-state index contributed by atoms with van der Waals surface area (Å²) >= 11 is 0. The number of piperidine rings is 1. The number of carbonyl (C=O) groups excluding carboxylic acids is 1. The van der Waals surface area contributed by atoms with Crippen molar-refractivity contribution >= 4 is 27.4 Å². The van der Waals surface area contributed by atoms with E-state index in [9.17, 15) is 13.2 Å². The Bertz CT molecular complexity index is 762. The van der Waals surface area contributed by atoms with Crippen LogP contribution in [0.1, 0.15) is 38.5 Å². The van der Waals surface area contributed by atoms with Crippen LogP contribution in [-0.2, 0) is 10.0 Å². The highest BCUT2D eigenvalue weighted by Gasteiger charge is 2.27. The average Bonchev–Trinajstić information content (AvgIpc) is 3.15. The maximum atomic E-state index is 12.8. The smallest absolute Gasteiger partial charge is 0.321 e. The number of nitrogens with zero attached hydrogens (tertiary/aromatic N) is 2. The lowest BCUT2D eigenvalue weighted by molar-refractivity contribution is 0.183. The highest BCUT2D eigenvalue weighted by Crippen LogP contribution is 2.32. The summed E-state index contributed by atoms with van der Waals surface area (Å²) < 4.78 is 22.7. The molecule has 0 spiro atoms. The van der Waals surface area contributed by atoms with Crippen LogP contribution in [-0.4, -0.2) is 51.3 Å². The Morgan fingerprint density at radius 1 is 1.22 bits per heavy atom. The Labute approximate surface area is 161 Å². The van der Waals surface area contributed by atoms with Gasteiger partial charge in [0.25, 0.3) is 0 Å². The molecule has 150 valence electrons. The summed E-state index contributed by atoms with van der Waals surface area (Å²) in [6.45, 7) is 1.05. The molecule has 3 N–H and O–H groups in total. The predicted octanol–water partition coefficient (Wildman–Crippen LogP) is 2.60. The Hall–Kier alpha value is -1.80. The number of nitrogens with two attached hydrogens (primary N) is 1. The molecule has 0 radical (unpaired) electrons. The first kappa shape index (κ1) is 19.9. The minimum Gasteiger partial charge on any atom is -0.370 e. The molecule has 1 heterocycles. The quantitative estimate of drug-likeness (QED) is 0.802. The highest BCUT2D eigenvalue weighted by atomic mass is 32.2. The number of sulfonamides is 1. The van der Waals surface area contributed by atoms with Crippen molar-refractivity contribution < 1.29 is 13.2 Å². The summed E-state index contributed by atoms with van der Waals surface area (Å²) in [5.41, 5.74) is 1.82. The molecule has 1 saturated heterocycles. The van der Waals surface area contributed by atoms with Gasteiger partial charge in [0.05, 0.1) is 17.1 Å². The second-order valence-corrected chi connectivity index (χ2v) is 9.44. The predicted molar refractivity (Wildman–Crippen MR) is 108 cm³/mol. The van der Waals surface area contributed by atoms with Crippen LogP contribution in [0, 0.1) is 5.92 Å². The van der Waals surface area contributed by atoms with Crippen LogP contribution in [0.4, 0.5) is 16.2 Å². The van der Waals surface area contributed by atoms with Gasteiger partial charge < -0.3 is 15.1 Å². The van der Waals surface area contributed by atoms with E-state index in [2.05, 4.69) is 17.3 Å². The van der Waals surface area contributed by atoms with Crippen molar-refractivity contribution in [2.75, 3.05) is 36.1 Å². The van der Waals surface area contributed by atoms with Gasteiger partial charge in [-0.2, -0.15) is 0 Å².